The molecule has 0 spiro atoms. The maximum Gasteiger partial charge on any atom is 0.258 e. The second-order valence-corrected chi connectivity index (χ2v) is 6.15. The third-order valence-electron chi connectivity index (χ3n) is 4.03. The smallest absolute Gasteiger partial charge is 0.258 e. The molecule has 0 aliphatic carbocycles. The Morgan fingerprint density at radius 1 is 1.17 bits per heavy atom. The Labute approximate surface area is 145 Å². The first-order valence-corrected chi connectivity index (χ1v) is 7.99. The highest BCUT2D eigenvalue weighted by atomic mass is 35.5. The molecule has 0 bridgehead atoms. The fraction of sp³-hybridized carbons (Fsp3) is 0.222. The highest BCUT2D eigenvalue weighted by Crippen LogP contribution is 2.27. The van der Waals surface area contributed by atoms with Crippen LogP contribution in [0.25, 0.3) is 0 Å². The predicted molar refractivity (Wildman–Crippen MR) is 92.6 cm³/mol. The maximum absolute atomic E-state index is 12.6. The van der Waals surface area contributed by atoms with Gasteiger partial charge in [0.1, 0.15) is 12.3 Å². The topological polar surface area (TPSA) is 60.9 Å². The minimum Gasteiger partial charge on any atom is -0.507 e. The van der Waals surface area contributed by atoms with Gasteiger partial charge < -0.3 is 14.9 Å². The van der Waals surface area contributed by atoms with Crippen molar-refractivity contribution in [2.75, 3.05) is 24.5 Å². The van der Waals surface area contributed by atoms with Gasteiger partial charge in [-0.25, -0.2) is 0 Å². The summed E-state index contributed by atoms with van der Waals surface area (Å²) in [5.74, 6) is -0.616. The second-order valence-electron chi connectivity index (χ2n) is 5.74. The molecule has 0 unspecified atom stereocenters. The average molecular weight is 345 g/mol. The van der Waals surface area contributed by atoms with Crippen LogP contribution in [0.2, 0.25) is 5.02 Å². The number of hydrogen-bond acceptors (Lipinski definition) is 3. The lowest BCUT2D eigenvalue weighted by molar-refractivity contribution is -0.120. The van der Waals surface area contributed by atoms with Gasteiger partial charge in [-0.05, 0) is 36.8 Å². The van der Waals surface area contributed by atoms with Gasteiger partial charge in [0.15, 0.2) is 0 Å². The summed E-state index contributed by atoms with van der Waals surface area (Å²) in [5, 5.41) is 10.5. The van der Waals surface area contributed by atoms with Crippen LogP contribution in [-0.2, 0) is 4.79 Å². The lowest BCUT2D eigenvalue weighted by Gasteiger charge is -2.34. The molecule has 2 aromatic rings. The quantitative estimate of drug-likeness (QED) is 0.911. The van der Waals surface area contributed by atoms with Crippen molar-refractivity contribution in [2.24, 2.45) is 0 Å². The number of anilines is 1. The highest BCUT2D eigenvalue weighted by Gasteiger charge is 2.30. The van der Waals surface area contributed by atoms with Crippen molar-refractivity contribution < 1.29 is 14.7 Å². The third kappa shape index (κ3) is 3.08. The first-order valence-electron chi connectivity index (χ1n) is 7.61. The summed E-state index contributed by atoms with van der Waals surface area (Å²) in [4.78, 5) is 28.0. The third-order valence-corrected chi connectivity index (χ3v) is 4.35. The standard InChI is InChI=1S/C18H17ClN2O3/c1-12-6-7-13(16(22)10-12)18(24)20-8-9-21(17(23)11-20)15-5-3-2-4-14(15)19/h2-7,10,22H,8-9,11H2,1H3. The minimum absolute atomic E-state index is 0.0443. The van der Waals surface area contributed by atoms with Gasteiger partial charge in [-0.2, -0.15) is 0 Å². The monoisotopic (exact) mass is 344 g/mol. The number of aromatic hydroxyl groups is 1. The van der Waals surface area contributed by atoms with Crippen molar-refractivity contribution in [3.63, 3.8) is 0 Å². The molecule has 0 radical (unpaired) electrons. The van der Waals surface area contributed by atoms with E-state index in [0.717, 1.165) is 5.56 Å². The van der Waals surface area contributed by atoms with Crippen LogP contribution in [0.4, 0.5) is 5.69 Å². The van der Waals surface area contributed by atoms with Crippen LogP contribution in [-0.4, -0.2) is 41.5 Å². The molecule has 2 amide bonds. The molecule has 1 aliphatic heterocycles. The SMILES string of the molecule is Cc1ccc(C(=O)N2CCN(c3ccccc3Cl)C(=O)C2)c(O)c1. The summed E-state index contributed by atoms with van der Waals surface area (Å²) in [6, 6.07) is 12.0. The average Bonchev–Trinajstić information content (AvgIpc) is 2.55. The van der Waals surface area contributed by atoms with E-state index in [4.69, 9.17) is 11.6 Å². The van der Waals surface area contributed by atoms with Crippen LogP contribution in [0, 0.1) is 6.92 Å². The molecule has 1 fully saturated rings. The van der Waals surface area contributed by atoms with E-state index < -0.39 is 0 Å². The Kier molecular flexibility index (Phi) is 4.44. The number of para-hydroxylation sites is 1. The van der Waals surface area contributed by atoms with E-state index in [9.17, 15) is 14.7 Å². The molecule has 0 aromatic heterocycles. The Hall–Kier alpha value is -2.53. The number of phenols is 1. The van der Waals surface area contributed by atoms with Crippen molar-refractivity contribution >= 4 is 29.1 Å². The van der Waals surface area contributed by atoms with Crippen LogP contribution >= 0.6 is 11.6 Å². The number of amides is 2. The molecule has 1 N–H and O–H groups in total. The van der Waals surface area contributed by atoms with Crippen LogP contribution in [0.1, 0.15) is 15.9 Å². The molecule has 2 aromatic carbocycles. The van der Waals surface area contributed by atoms with Crippen molar-refractivity contribution in [3.05, 3.63) is 58.6 Å². The molecule has 124 valence electrons. The number of benzene rings is 2. The molecule has 3 rings (SSSR count). The Morgan fingerprint density at radius 2 is 1.92 bits per heavy atom. The second kappa shape index (κ2) is 6.53. The summed E-state index contributed by atoms with van der Waals surface area (Å²) >= 11 is 6.15. The number of carbonyl (C=O) groups excluding carboxylic acids is 2. The van der Waals surface area contributed by atoms with Gasteiger partial charge >= 0.3 is 0 Å². The zero-order chi connectivity index (χ0) is 17.3. The predicted octanol–water partition coefficient (Wildman–Crippen LogP) is 2.84. The number of carbonyl (C=O) groups is 2. The molecule has 1 saturated heterocycles. The molecule has 24 heavy (non-hydrogen) atoms. The Morgan fingerprint density at radius 3 is 2.58 bits per heavy atom. The summed E-state index contributed by atoms with van der Waals surface area (Å²) in [7, 11) is 0. The molecule has 1 aliphatic rings. The lowest BCUT2D eigenvalue weighted by Crippen LogP contribution is -2.52. The van der Waals surface area contributed by atoms with Crippen LogP contribution in [0.3, 0.4) is 0 Å². The first kappa shape index (κ1) is 16.3. The van der Waals surface area contributed by atoms with Gasteiger partial charge in [0.2, 0.25) is 5.91 Å². The highest BCUT2D eigenvalue weighted by molar-refractivity contribution is 6.33. The number of nitrogens with zero attached hydrogens (tertiary/aromatic N) is 2. The number of rotatable bonds is 2. The van der Waals surface area contributed by atoms with E-state index in [0.29, 0.717) is 23.8 Å². The molecular weight excluding hydrogens is 328 g/mol. The van der Waals surface area contributed by atoms with E-state index in [-0.39, 0.29) is 29.7 Å². The Bertz CT molecular complexity index is 807. The summed E-state index contributed by atoms with van der Waals surface area (Å²) in [5.41, 5.74) is 1.72. The maximum atomic E-state index is 12.6. The fourth-order valence-electron chi connectivity index (χ4n) is 2.76. The largest absolute Gasteiger partial charge is 0.507 e. The van der Waals surface area contributed by atoms with Gasteiger partial charge in [-0.3, -0.25) is 9.59 Å². The lowest BCUT2D eigenvalue weighted by atomic mass is 10.1. The summed E-state index contributed by atoms with van der Waals surface area (Å²) < 4.78 is 0. The van der Waals surface area contributed by atoms with Gasteiger partial charge in [-0.15, -0.1) is 0 Å². The van der Waals surface area contributed by atoms with Gasteiger partial charge in [0, 0.05) is 13.1 Å². The number of hydrogen-bond donors (Lipinski definition) is 1. The van der Waals surface area contributed by atoms with Crippen LogP contribution in [0.5, 0.6) is 5.75 Å². The van der Waals surface area contributed by atoms with E-state index in [1.807, 2.05) is 13.0 Å². The molecule has 1 heterocycles. The molecule has 6 heteroatoms. The molecular formula is C18H17ClN2O3. The minimum atomic E-state index is -0.348. The molecule has 0 saturated carbocycles. The van der Waals surface area contributed by atoms with E-state index in [2.05, 4.69) is 0 Å². The zero-order valence-corrected chi connectivity index (χ0v) is 14.0. The van der Waals surface area contributed by atoms with Crippen molar-refractivity contribution in [2.45, 2.75) is 6.92 Å². The zero-order valence-electron chi connectivity index (χ0n) is 13.2. The number of phenolic OH excluding ortho intramolecular Hbond substituents is 1. The van der Waals surface area contributed by atoms with Crippen LogP contribution < -0.4 is 4.90 Å². The number of piperazine rings is 1. The Balaban J connectivity index is 1.77. The summed E-state index contributed by atoms with van der Waals surface area (Å²) in [6.07, 6.45) is 0. The first-order chi connectivity index (χ1) is 11.5. The number of halogens is 1. The van der Waals surface area contributed by atoms with Gasteiger partial charge in [0.25, 0.3) is 5.91 Å². The molecule has 5 nitrogen and oxygen atoms in total. The van der Waals surface area contributed by atoms with Crippen LogP contribution in [0.15, 0.2) is 42.5 Å². The fourth-order valence-corrected chi connectivity index (χ4v) is 3.00. The van der Waals surface area contributed by atoms with Gasteiger partial charge in [-0.1, -0.05) is 29.8 Å². The van der Waals surface area contributed by atoms with E-state index in [1.165, 1.54) is 11.0 Å². The van der Waals surface area contributed by atoms with Crippen molar-refractivity contribution in [3.8, 4) is 5.75 Å². The van der Waals surface area contributed by atoms with E-state index in [1.54, 1.807) is 35.2 Å². The van der Waals surface area contributed by atoms with Crippen molar-refractivity contribution in [1.29, 1.82) is 0 Å². The van der Waals surface area contributed by atoms with Gasteiger partial charge in [0.05, 0.1) is 16.3 Å². The van der Waals surface area contributed by atoms with E-state index >= 15 is 0 Å². The van der Waals surface area contributed by atoms with Crippen molar-refractivity contribution in [1.82, 2.24) is 4.90 Å². The number of aryl methyl sites for hydroxylation is 1. The normalized spacial score (nSPS) is 14.8. The molecule has 0 atom stereocenters. The summed E-state index contributed by atoms with van der Waals surface area (Å²) in [6.45, 7) is 2.53.